The van der Waals surface area contributed by atoms with Crippen molar-refractivity contribution in [2.75, 3.05) is 19.8 Å². The van der Waals surface area contributed by atoms with Gasteiger partial charge in [-0.2, -0.15) is 0 Å². The van der Waals surface area contributed by atoms with E-state index in [-0.39, 0.29) is 12.5 Å². The van der Waals surface area contributed by atoms with Crippen molar-refractivity contribution >= 4 is 5.97 Å². The molecule has 1 N–H and O–H groups in total. The Balaban J connectivity index is 3.19. The first kappa shape index (κ1) is 11.4. The molecule has 12 heavy (non-hydrogen) atoms. The fourth-order valence-electron chi connectivity index (χ4n) is 0.757. The van der Waals surface area contributed by atoms with Crippen molar-refractivity contribution in [1.82, 2.24) is 0 Å². The van der Waals surface area contributed by atoms with Crippen molar-refractivity contribution in [3.05, 3.63) is 0 Å². The summed E-state index contributed by atoms with van der Waals surface area (Å²) in [7, 11) is 0. The van der Waals surface area contributed by atoms with E-state index in [9.17, 15) is 4.79 Å². The molecule has 0 heterocycles. The molecule has 0 radical (unpaired) electrons. The average molecular weight is 176 g/mol. The molecule has 4 nitrogen and oxygen atoms in total. The molecule has 0 aliphatic rings. The minimum absolute atomic E-state index is 0.0477. The fraction of sp³-hybridized carbons (Fsp3) is 0.875. The predicted molar refractivity (Wildman–Crippen MR) is 44.2 cm³/mol. The summed E-state index contributed by atoms with van der Waals surface area (Å²) in [4.78, 5) is 10.2. The van der Waals surface area contributed by atoms with Gasteiger partial charge in [0.05, 0.1) is 25.7 Å². The molecular formula is C8H16O4. The van der Waals surface area contributed by atoms with Crippen LogP contribution in [0.4, 0.5) is 0 Å². The lowest BCUT2D eigenvalue weighted by atomic mass is 10.3. The lowest BCUT2D eigenvalue weighted by Gasteiger charge is -2.09. The van der Waals surface area contributed by atoms with Gasteiger partial charge >= 0.3 is 5.97 Å². The molecule has 0 spiro atoms. The average Bonchev–Trinajstić information content (AvgIpc) is 1.97. The first-order valence-electron chi connectivity index (χ1n) is 4.08. The minimum atomic E-state index is -0.834. The van der Waals surface area contributed by atoms with Gasteiger partial charge in [0.15, 0.2) is 0 Å². The van der Waals surface area contributed by atoms with Crippen LogP contribution in [0.1, 0.15) is 20.3 Å². The zero-order valence-corrected chi connectivity index (χ0v) is 7.58. The molecule has 0 amide bonds. The van der Waals surface area contributed by atoms with Crippen molar-refractivity contribution in [2.24, 2.45) is 0 Å². The molecule has 0 bridgehead atoms. The molecule has 72 valence electrons. The van der Waals surface area contributed by atoms with E-state index in [0.29, 0.717) is 19.8 Å². The maximum atomic E-state index is 10.2. The molecule has 1 atom stereocenters. The lowest BCUT2D eigenvalue weighted by Crippen LogP contribution is -2.16. The highest BCUT2D eigenvalue weighted by atomic mass is 16.5. The van der Waals surface area contributed by atoms with Crippen molar-refractivity contribution in [3.8, 4) is 0 Å². The summed E-state index contributed by atoms with van der Waals surface area (Å²) in [6.07, 6.45) is -0.186. The summed E-state index contributed by atoms with van der Waals surface area (Å²) in [5.74, 6) is -0.834. The Morgan fingerprint density at radius 3 is 2.67 bits per heavy atom. The molecule has 0 aromatic heterocycles. The predicted octanol–water partition coefficient (Wildman–Crippen LogP) is 0.903. The van der Waals surface area contributed by atoms with Crippen LogP contribution in [0, 0.1) is 0 Å². The van der Waals surface area contributed by atoms with Gasteiger partial charge in [0.1, 0.15) is 0 Å². The Morgan fingerprint density at radius 1 is 1.50 bits per heavy atom. The monoisotopic (exact) mass is 176 g/mol. The van der Waals surface area contributed by atoms with E-state index >= 15 is 0 Å². The summed E-state index contributed by atoms with van der Waals surface area (Å²) in [5.41, 5.74) is 0. The normalized spacial score (nSPS) is 12.8. The third-order valence-corrected chi connectivity index (χ3v) is 1.30. The van der Waals surface area contributed by atoms with Crippen LogP contribution >= 0.6 is 0 Å². The Kier molecular flexibility index (Phi) is 6.70. The second-order valence-corrected chi connectivity index (χ2v) is 2.48. The molecule has 0 fully saturated rings. The molecule has 0 aromatic rings. The number of carboxylic acids is 1. The molecular weight excluding hydrogens is 160 g/mol. The zero-order valence-electron chi connectivity index (χ0n) is 7.58. The Bertz CT molecular complexity index is 124. The topological polar surface area (TPSA) is 55.8 Å². The van der Waals surface area contributed by atoms with Gasteiger partial charge in [-0.25, -0.2) is 0 Å². The van der Waals surface area contributed by atoms with E-state index in [0.717, 1.165) is 0 Å². The number of rotatable bonds is 7. The number of ether oxygens (including phenoxy) is 2. The zero-order chi connectivity index (χ0) is 9.40. The van der Waals surface area contributed by atoms with Crippen molar-refractivity contribution in [3.63, 3.8) is 0 Å². The number of hydrogen-bond acceptors (Lipinski definition) is 3. The Morgan fingerprint density at radius 2 is 2.17 bits per heavy atom. The van der Waals surface area contributed by atoms with E-state index < -0.39 is 5.97 Å². The molecule has 4 heteroatoms. The third kappa shape index (κ3) is 7.50. The second kappa shape index (κ2) is 7.06. The molecule has 0 aliphatic heterocycles. The van der Waals surface area contributed by atoms with E-state index in [4.69, 9.17) is 14.6 Å². The van der Waals surface area contributed by atoms with E-state index in [1.807, 2.05) is 6.92 Å². The van der Waals surface area contributed by atoms with Gasteiger partial charge in [0, 0.05) is 6.61 Å². The molecule has 0 rings (SSSR count). The highest BCUT2D eigenvalue weighted by Crippen LogP contribution is 1.96. The van der Waals surface area contributed by atoms with Crippen LogP contribution in [0.25, 0.3) is 0 Å². The molecule has 1 unspecified atom stereocenters. The molecule has 0 aromatic carbocycles. The van der Waals surface area contributed by atoms with Crippen LogP contribution in [-0.2, 0) is 14.3 Å². The lowest BCUT2D eigenvalue weighted by molar-refractivity contribution is -0.140. The summed E-state index contributed by atoms with van der Waals surface area (Å²) in [6.45, 7) is 5.29. The van der Waals surface area contributed by atoms with Gasteiger partial charge < -0.3 is 14.6 Å². The maximum Gasteiger partial charge on any atom is 0.305 e. The molecule has 0 saturated carbocycles. The van der Waals surface area contributed by atoms with Gasteiger partial charge in [-0.3, -0.25) is 4.79 Å². The first-order chi connectivity index (χ1) is 5.66. The van der Waals surface area contributed by atoms with Crippen LogP contribution in [-0.4, -0.2) is 37.0 Å². The first-order valence-corrected chi connectivity index (χ1v) is 4.08. The summed E-state index contributed by atoms with van der Waals surface area (Å²) in [6, 6.07) is 0. The van der Waals surface area contributed by atoms with E-state index in [1.54, 1.807) is 6.92 Å². The Hall–Kier alpha value is -0.610. The SMILES string of the molecule is CCOCCOC(C)CC(=O)O. The smallest absolute Gasteiger partial charge is 0.305 e. The number of carbonyl (C=O) groups is 1. The van der Waals surface area contributed by atoms with Crippen LogP contribution in [0.3, 0.4) is 0 Å². The van der Waals surface area contributed by atoms with Crippen molar-refractivity contribution in [2.45, 2.75) is 26.4 Å². The van der Waals surface area contributed by atoms with Crippen molar-refractivity contribution in [1.29, 1.82) is 0 Å². The molecule has 0 saturated heterocycles. The second-order valence-electron chi connectivity index (χ2n) is 2.48. The number of hydrogen-bond donors (Lipinski definition) is 1. The maximum absolute atomic E-state index is 10.2. The van der Waals surface area contributed by atoms with Gasteiger partial charge in [-0.1, -0.05) is 0 Å². The molecule has 0 aliphatic carbocycles. The standard InChI is InChI=1S/C8H16O4/c1-3-11-4-5-12-7(2)6-8(9)10/h7H,3-6H2,1-2H3,(H,9,10). The quantitative estimate of drug-likeness (QED) is 0.585. The Labute approximate surface area is 72.5 Å². The number of carboxylic acid groups (broad SMARTS) is 1. The van der Waals surface area contributed by atoms with Crippen LogP contribution < -0.4 is 0 Å². The van der Waals surface area contributed by atoms with Crippen LogP contribution in [0.2, 0.25) is 0 Å². The third-order valence-electron chi connectivity index (χ3n) is 1.30. The number of aliphatic carboxylic acids is 1. The highest BCUT2D eigenvalue weighted by Gasteiger charge is 2.06. The van der Waals surface area contributed by atoms with E-state index in [2.05, 4.69) is 0 Å². The van der Waals surface area contributed by atoms with Gasteiger partial charge in [0.2, 0.25) is 0 Å². The largest absolute Gasteiger partial charge is 0.481 e. The fourth-order valence-corrected chi connectivity index (χ4v) is 0.757. The van der Waals surface area contributed by atoms with E-state index in [1.165, 1.54) is 0 Å². The van der Waals surface area contributed by atoms with Gasteiger partial charge in [0.25, 0.3) is 0 Å². The van der Waals surface area contributed by atoms with Gasteiger partial charge in [-0.05, 0) is 13.8 Å². The summed E-state index contributed by atoms with van der Waals surface area (Å²) < 4.78 is 10.2. The summed E-state index contributed by atoms with van der Waals surface area (Å²) >= 11 is 0. The van der Waals surface area contributed by atoms with Crippen LogP contribution in [0.15, 0.2) is 0 Å². The highest BCUT2D eigenvalue weighted by molar-refractivity contribution is 5.67. The van der Waals surface area contributed by atoms with Crippen LogP contribution in [0.5, 0.6) is 0 Å². The van der Waals surface area contributed by atoms with Gasteiger partial charge in [-0.15, -0.1) is 0 Å². The van der Waals surface area contributed by atoms with Crippen molar-refractivity contribution < 1.29 is 19.4 Å². The summed E-state index contributed by atoms with van der Waals surface area (Å²) in [5, 5.41) is 8.38. The minimum Gasteiger partial charge on any atom is -0.481 e.